The Kier molecular flexibility index (Phi) is 6.46. The van der Waals surface area contributed by atoms with Crippen molar-refractivity contribution in [2.45, 2.75) is 44.8 Å². The van der Waals surface area contributed by atoms with Crippen LogP contribution >= 0.6 is 0 Å². The van der Waals surface area contributed by atoms with Gasteiger partial charge in [-0.15, -0.1) is 0 Å². The van der Waals surface area contributed by atoms with Crippen molar-refractivity contribution in [3.8, 4) is 0 Å². The molecule has 6 nitrogen and oxygen atoms in total. The third kappa shape index (κ3) is 4.59. The Labute approximate surface area is 164 Å². The highest BCUT2D eigenvalue weighted by molar-refractivity contribution is 5.16. The van der Waals surface area contributed by atoms with Crippen LogP contribution in [0.3, 0.4) is 0 Å². The van der Waals surface area contributed by atoms with E-state index >= 15 is 0 Å². The second kappa shape index (κ2) is 8.84. The van der Waals surface area contributed by atoms with Crippen molar-refractivity contribution in [1.29, 1.82) is 0 Å². The molecule has 1 fully saturated rings. The van der Waals surface area contributed by atoms with Crippen molar-refractivity contribution in [2.24, 2.45) is 14.1 Å². The van der Waals surface area contributed by atoms with Gasteiger partial charge in [0.05, 0.1) is 0 Å². The zero-order valence-corrected chi connectivity index (χ0v) is 16.8. The van der Waals surface area contributed by atoms with Crippen molar-refractivity contribution < 1.29 is 4.39 Å². The van der Waals surface area contributed by atoms with Crippen molar-refractivity contribution in [3.05, 3.63) is 68.2 Å². The van der Waals surface area contributed by atoms with E-state index in [1.165, 1.54) is 17.7 Å². The molecule has 0 radical (unpaired) electrons. The lowest BCUT2D eigenvalue weighted by Crippen LogP contribution is -2.46. The number of rotatable bonds is 7. The Hall–Kier alpha value is -2.25. The van der Waals surface area contributed by atoms with Crippen LogP contribution in [0.15, 0.2) is 40.1 Å². The van der Waals surface area contributed by atoms with Crippen LogP contribution in [0.1, 0.15) is 30.9 Å². The highest BCUT2D eigenvalue weighted by atomic mass is 19.1. The first-order chi connectivity index (χ1) is 13.4. The minimum atomic E-state index is -0.318. The van der Waals surface area contributed by atoms with E-state index in [9.17, 15) is 14.0 Å². The number of nitrogens with one attached hydrogen (secondary N) is 1. The topological polar surface area (TPSA) is 59.3 Å². The van der Waals surface area contributed by atoms with Crippen molar-refractivity contribution in [3.63, 3.8) is 0 Å². The molecule has 1 aromatic carbocycles. The summed E-state index contributed by atoms with van der Waals surface area (Å²) in [6.45, 7) is 4.50. The monoisotopic (exact) mass is 388 g/mol. The van der Waals surface area contributed by atoms with Gasteiger partial charge in [0.2, 0.25) is 0 Å². The Bertz CT molecular complexity index is 931. The van der Waals surface area contributed by atoms with E-state index in [4.69, 9.17) is 0 Å². The minimum absolute atomic E-state index is 0.212. The van der Waals surface area contributed by atoms with E-state index in [-0.39, 0.29) is 23.1 Å². The molecule has 28 heavy (non-hydrogen) atoms. The quantitative estimate of drug-likeness (QED) is 0.779. The molecule has 7 heteroatoms. The molecular formula is C21H29FN4O2. The van der Waals surface area contributed by atoms with Gasteiger partial charge in [0.1, 0.15) is 5.82 Å². The molecule has 1 aliphatic heterocycles. The zero-order chi connectivity index (χ0) is 20.3. The fourth-order valence-corrected chi connectivity index (χ4v) is 3.99. The van der Waals surface area contributed by atoms with E-state index in [0.717, 1.165) is 42.5 Å². The highest BCUT2D eigenvalue weighted by Crippen LogP contribution is 2.19. The average Bonchev–Trinajstić information content (AvgIpc) is 3.20. The number of halogens is 1. The molecule has 0 unspecified atom stereocenters. The number of hydrogen-bond donors (Lipinski definition) is 1. The Morgan fingerprint density at radius 2 is 2.11 bits per heavy atom. The largest absolute Gasteiger partial charge is 0.330 e. The van der Waals surface area contributed by atoms with Crippen molar-refractivity contribution in [1.82, 2.24) is 19.4 Å². The molecule has 0 aliphatic carbocycles. The molecule has 0 saturated carbocycles. The summed E-state index contributed by atoms with van der Waals surface area (Å²) in [6.07, 6.45) is 4.32. The van der Waals surface area contributed by atoms with E-state index in [2.05, 4.69) is 17.1 Å². The second-order valence-electron chi connectivity index (χ2n) is 7.75. The molecule has 2 aromatic rings. The molecular weight excluding hydrogens is 359 g/mol. The standard InChI is InChI=1S/C21H29FN4O2/c1-15(7-8-16-5-4-6-18(22)11-16)26(19-9-10-23-12-19)14-17-13-24(2)21(28)25(3)20(17)27/h4-6,11,13,15,19,23H,7-10,12,14H2,1-3H3/t15-,19+/m0/s1. The molecule has 152 valence electrons. The SMILES string of the molecule is C[C@@H](CCc1cccc(F)c1)N(Cc1cn(C)c(=O)n(C)c1=O)[C@@H]1CCNC1. The van der Waals surface area contributed by atoms with Gasteiger partial charge in [0.15, 0.2) is 0 Å². The first kappa shape index (κ1) is 20.5. The Balaban J connectivity index is 1.79. The molecule has 1 saturated heterocycles. The smallest absolute Gasteiger partial charge is 0.315 e. The Morgan fingerprint density at radius 3 is 2.79 bits per heavy atom. The maximum atomic E-state index is 13.5. The predicted molar refractivity (Wildman–Crippen MR) is 108 cm³/mol. The van der Waals surface area contributed by atoms with E-state index in [0.29, 0.717) is 18.2 Å². The molecule has 2 heterocycles. The molecule has 0 spiro atoms. The lowest BCUT2D eigenvalue weighted by molar-refractivity contribution is 0.136. The fourth-order valence-electron chi connectivity index (χ4n) is 3.99. The van der Waals surface area contributed by atoms with Crippen molar-refractivity contribution >= 4 is 0 Å². The average molecular weight is 388 g/mol. The third-order valence-corrected chi connectivity index (χ3v) is 5.68. The second-order valence-corrected chi connectivity index (χ2v) is 7.75. The molecule has 1 aliphatic rings. The molecule has 0 bridgehead atoms. The maximum absolute atomic E-state index is 13.5. The predicted octanol–water partition coefficient (Wildman–Crippen LogP) is 1.41. The lowest BCUT2D eigenvalue weighted by Gasteiger charge is -2.34. The van der Waals surface area contributed by atoms with Crippen LogP contribution in [0.5, 0.6) is 0 Å². The Morgan fingerprint density at radius 1 is 1.32 bits per heavy atom. The maximum Gasteiger partial charge on any atom is 0.330 e. The van der Waals surface area contributed by atoms with E-state index in [1.54, 1.807) is 25.4 Å². The zero-order valence-electron chi connectivity index (χ0n) is 16.8. The van der Waals surface area contributed by atoms with Gasteiger partial charge in [-0.25, -0.2) is 9.18 Å². The summed E-state index contributed by atoms with van der Waals surface area (Å²) < 4.78 is 16.1. The van der Waals surface area contributed by atoms with Crippen LogP contribution in [0.2, 0.25) is 0 Å². The number of aryl methyl sites for hydroxylation is 2. The summed E-state index contributed by atoms with van der Waals surface area (Å²) in [5.74, 6) is -0.212. The molecule has 2 atom stereocenters. The summed E-state index contributed by atoms with van der Waals surface area (Å²) in [6, 6.07) is 7.28. The summed E-state index contributed by atoms with van der Waals surface area (Å²) in [7, 11) is 3.18. The molecule has 3 rings (SSSR count). The van der Waals surface area contributed by atoms with Gasteiger partial charge in [-0.1, -0.05) is 12.1 Å². The van der Waals surface area contributed by atoms with E-state index in [1.807, 2.05) is 6.07 Å². The lowest BCUT2D eigenvalue weighted by atomic mass is 10.0. The van der Waals surface area contributed by atoms with Crippen LogP contribution in [0.4, 0.5) is 4.39 Å². The van der Waals surface area contributed by atoms with Gasteiger partial charge in [-0.05, 0) is 50.4 Å². The summed E-state index contributed by atoms with van der Waals surface area (Å²) >= 11 is 0. The number of hydrogen-bond acceptors (Lipinski definition) is 4. The molecule has 0 amide bonds. The van der Waals surface area contributed by atoms with E-state index < -0.39 is 0 Å². The van der Waals surface area contributed by atoms with Gasteiger partial charge < -0.3 is 9.88 Å². The van der Waals surface area contributed by atoms with Gasteiger partial charge in [0.25, 0.3) is 5.56 Å². The summed E-state index contributed by atoms with van der Waals surface area (Å²) in [5.41, 5.74) is 1.04. The highest BCUT2D eigenvalue weighted by Gasteiger charge is 2.27. The van der Waals surface area contributed by atoms with Crippen molar-refractivity contribution in [2.75, 3.05) is 13.1 Å². The van der Waals surface area contributed by atoms with Crippen LogP contribution < -0.4 is 16.6 Å². The number of aromatic nitrogens is 2. The first-order valence-electron chi connectivity index (χ1n) is 9.83. The summed E-state index contributed by atoms with van der Waals surface area (Å²) in [4.78, 5) is 26.9. The first-order valence-corrected chi connectivity index (χ1v) is 9.83. The van der Waals surface area contributed by atoms with Gasteiger partial charge in [-0.3, -0.25) is 14.3 Å². The molecule has 1 aromatic heterocycles. The van der Waals surface area contributed by atoms with Gasteiger partial charge >= 0.3 is 5.69 Å². The van der Waals surface area contributed by atoms with Crippen LogP contribution in [0.25, 0.3) is 0 Å². The van der Waals surface area contributed by atoms with Gasteiger partial charge in [-0.2, -0.15) is 0 Å². The van der Waals surface area contributed by atoms with Crippen LogP contribution in [-0.2, 0) is 27.1 Å². The van der Waals surface area contributed by atoms with Crippen LogP contribution in [0, 0.1) is 5.82 Å². The number of benzene rings is 1. The fraction of sp³-hybridized carbons (Fsp3) is 0.524. The number of nitrogens with zero attached hydrogens (tertiary/aromatic N) is 3. The van der Waals surface area contributed by atoms with Gasteiger partial charge in [0, 0.05) is 51.0 Å². The third-order valence-electron chi connectivity index (χ3n) is 5.68. The van der Waals surface area contributed by atoms with Crippen LogP contribution in [-0.4, -0.2) is 39.2 Å². The molecule has 1 N–H and O–H groups in total. The summed E-state index contributed by atoms with van der Waals surface area (Å²) in [5, 5.41) is 3.39. The minimum Gasteiger partial charge on any atom is -0.315 e. The normalized spacial score (nSPS) is 18.0.